The third-order valence-electron chi connectivity index (χ3n) is 4.51. The lowest BCUT2D eigenvalue weighted by atomic mass is 10.1. The van der Waals surface area contributed by atoms with Crippen molar-refractivity contribution in [3.63, 3.8) is 0 Å². The molecule has 0 aliphatic rings. The molecule has 0 spiro atoms. The van der Waals surface area contributed by atoms with E-state index < -0.39 is 15.7 Å². The van der Waals surface area contributed by atoms with Gasteiger partial charge >= 0.3 is 0 Å². The van der Waals surface area contributed by atoms with Gasteiger partial charge in [0.2, 0.25) is 0 Å². The molecular formula is C21H18N4O3S. The van der Waals surface area contributed by atoms with Crippen LogP contribution >= 0.6 is 0 Å². The summed E-state index contributed by atoms with van der Waals surface area (Å²) in [7, 11) is -3.35. The molecular weight excluding hydrogens is 388 g/mol. The zero-order valence-electron chi connectivity index (χ0n) is 15.8. The van der Waals surface area contributed by atoms with Crippen LogP contribution in [0.4, 0.5) is 5.69 Å². The van der Waals surface area contributed by atoms with E-state index in [2.05, 4.69) is 15.3 Å². The van der Waals surface area contributed by atoms with Gasteiger partial charge in [0, 0.05) is 36.1 Å². The average molecular weight is 406 g/mol. The van der Waals surface area contributed by atoms with E-state index in [4.69, 9.17) is 0 Å². The van der Waals surface area contributed by atoms with Crippen LogP contribution in [0.1, 0.15) is 16.1 Å². The first-order valence-electron chi connectivity index (χ1n) is 8.83. The highest BCUT2D eigenvalue weighted by Gasteiger charge is 2.12. The van der Waals surface area contributed by atoms with Crippen LogP contribution in [0.25, 0.3) is 16.9 Å². The highest BCUT2D eigenvalue weighted by molar-refractivity contribution is 7.90. The second kappa shape index (κ2) is 7.14. The summed E-state index contributed by atoms with van der Waals surface area (Å²) in [5, 5.41) is 2.75. The minimum Gasteiger partial charge on any atom is -0.321 e. The zero-order chi connectivity index (χ0) is 20.6. The Morgan fingerprint density at radius 2 is 1.83 bits per heavy atom. The lowest BCUT2D eigenvalue weighted by Crippen LogP contribution is -2.14. The Hall–Kier alpha value is -3.52. The molecule has 0 radical (unpaired) electrons. The lowest BCUT2D eigenvalue weighted by molar-refractivity contribution is 0.102. The monoisotopic (exact) mass is 406 g/mol. The van der Waals surface area contributed by atoms with Gasteiger partial charge in [-0.25, -0.2) is 18.4 Å². The Morgan fingerprint density at radius 3 is 2.45 bits per heavy atom. The maximum atomic E-state index is 12.3. The molecule has 0 aliphatic carbocycles. The van der Waals surface area contributed by atoms with Crippen molar-refractivity contribution in [2.75, 3.05) is 11.6 Å². The molecule has 0 saturated carbocycles. The number of aryl methyl sites for hydroxylation is 1. The van der Waals surface area contributed by atoms with Gasteiger partial charge in [0.15, 0.2) is 9.84 Å². The second-order valence-corrected chi connectivity index (χ2v) is 8.75. The summed E-state index contributed by atoms with van der Waals surface area (Å²) in [5.74, 6) is -0.416. The number of carbonyl (C=O) groups is 1. The minimum atomic E-state index is -3.35. The van der Waals surface area contributed by atoms with Gasteiger partial charge in [-0.2, -0.15) is 0 Å². The first-order valence-corrected chi connectivity index (χ1v) is 10.7. The third kappa shape index (κ3) is 3.88. The van der Waals surface area contributed by atoms with Crippen molar-refractivity contribution >= 4 is 27.1 Å². The summed E-state index contributed by atoms with van der Waals surface area (Å²) in [6, 6.07) is 14.1. The molecule has 1 amide bonds. The molecule has 4 rings (SSSR count). The number of rotatable bonds is 4. The molecule has 8 heteroatoms. The van der Waals surface area contributed by atoms with Crippen molar-refractivity contribution in [2.24, 2.45) is 0 Å². The number of sulfone groups is 1. The summed E-state index contributed by atoms with van der Waals surface area (Å²) in [6.45, 7) is 2.02. The molecule has 7 nitrogen and oxygen atoms in total. The molecule has 0 aliphatic heterocycles. The molecule has 0 fully saturated rings. The Balaban J connectivity index is 1.51. The molecule has 4 aromatic rings. The summed E-state index contributed by atoms with van der Waals surface area (Å²) >= 11 is 0. The number of fused-ring (bicyclic) bond motifs is 1. The molecule has 0 unspecified atom stereocenters. The number of amides is 1. The van der Waals surface area contributed by atoms with Crippen molar-refractivity contribution in [1.82, 2.24) is 14.4 Å². The van der Waals surface area contributed by atoms with Crippen LogP contribution in [-0.4, -0.2) is 34.9 Å². The normalized spacial score (nSPS) is 11.5. The first-order chi connectivity index (χ1) is 13.8. The molecule has 3 heterocycles. The van der Waals surface area contributed by atoms with E-state index in [0.717, 1.165) is 28.7 Å². The number of nitrogens with zero attached hydrogens (tertiary/aromatic N) is 3. The lowest BCUT2D eigenvalue weighted by Gasteiger charge is -2.06. The van der Waals surface area contributed by atoms with Gasteiger partial charge < -0.3 is 9.72 Å². The largest absolute Gasteiger partial charge is 0.321 e. The molecule has 0 bridgehead atoms. The van der Waals surface area contributed by atoms with Crippen LogP contribution < -0.4 is 5.32 Å². The Morgan fingerprint density at radius 1 is 1.07 bits per heavy atom. The number of nitrogens with one attached hydrogen (secondary N) is 1. The van der Waals surface area contributed by atoms with Crippen molar-refractivity contribution in [3.8, 4) is 11.3 Å². The van der Waals surface area contributed by atoms with Gasteiger partial charge in [0.25, 0.3) is 5.91 Å². The van der Waals surface area contributed by atoms with Gasteiger partial charge in [0.05, 0.1) is 10.6 Å². The topological polar surface area (TPSA) is 93.4 Å². The van der Waals surface area contributed by atoms with E-state index >= 15 is 0 Å². The van der Waals surface area contributed by atoms with Crippen LogP contribution in [-0.2, 0) is 9.84 Å². The van der Waals surface area contributed by atoms with E-state index in [0.29, 0.717) is 5.69 Å². The molecule has 1 aromatic carbocycles. The zero-order valence-corrected chi connectivity index (χ0v) is 16.6. The second-order valence-electron chi connectivity index (χ2n) is 6.73. The van der Waals surface area contributed by atoms with Crippen molar-refractivity contribution in [1.29, 1.82) is 0 Å². The SMILES string of the molecule is Cc1cccn2cc(-c3ccc(NC(=O)c4ccc(S(C)(=O)=O)cn4)cc3)nc12. The van der Waals surface area contributed by atoms with Crippen LogP contribution in [0.2, 0.25) is 0 Å². The number of pyridine rings is 2. The number of aromatic nitrogens is 3. The van der Waals surface area contributed by atoms with Crippen molar-refractivity contribution in [3.05, 3.63) is 78.4 Å². The van der Waals surface area contributed by atoms with E-state index in [-0.39, 0.29) is 10.6 Å². The predicted octanol–water partition coefficient (Wildman–Crippen LogP) is 3.36. The number of imidazole rings is 1. The van der Waals surface area contributed by atoms with Crippen LogP contribution in [0.15, 0.2) is 72.0 Å². The van der Waals surface area contributed by atoms with Crippen LogP contribution in [0.5, 0.6) is 0 Å². The number of hydrogen-bond donors (Lipinski definition) is 1. The number of anilines is 1. The van der Waals surface area contributed by atoms with E-state index in [1.54, 1.807) is 12.1 Å². The summed E-state index contributed by atoms with van der Waals surface area (Å²) in [4.78, 5) is 21.0. The molecule has 0 atom stereocenters. The first kappa shape index (κ1) is 18.8. The fourth-order valence-corrected chi connectivity index (χ4v) is 3.51. The van der Waals surface area contributed by atoms with Crippen molar-refractivity contribution in [2.45, 2.75) is 11.8 Å². The van der Waals surface area contributed by atoms with Gasteiger partial charge in [-0.15, -0.1) is 0 Å². The van der Waals surface area contributed by atoms with Crippen LogP contribution in [0.3, 0.4) is 0 Å². The molecule has 29 heavy (non-hydrogen) atoms. The van der Waals surface area contributed by atoms with E-state index in [1.165, 1.54) is 18.3 Å². The number of hydrogen-bond acceptors (Lipinski definition) is 5. The highest BCUT2D eigenvalue weighted by Crippen LogP contribution is 2.22. The smallest absolute Gasteiger partial charge is 0.274 e. The fraction of sp³-hybridized carbons (Fsp3) is 0.0952. The molecule has 0 saturated heterocycles. The average Bonchev–Trinajstić information content (AvgIpc) is 3.14. The predicted molar refractivity (Wildman–Crippen MR) is 111 cm³/mol. The van der Waals surface area contributed by atoms with E-state index in [1.807, 2.05) is 48.0 Å². The quantitative estimate of drug-likeness (QED) is 0.561. The Bertz CT molecular complexity index is 1310. The third-order valence-corrected chi connectivity index (χ3v) is 5.61. The summed E-state index contributed by atoms with van der Waals surface area (Å²) in [5.41, 5.74) is 4.52. The van der Waals surface area contributed by atoms with Gasteiger partial charge in [0.1, 0.15) is 11.3 Å². The maximum Gasteiger partial charge on any atom is 0.274 e. The van der Waals surface area contributed by atoms with Gasteiger partial charge in [-0.05, 0) is 42.8 Å². The van der Waals surface area contributed by atoms with Gasteiger partial charge in [-0.1, -0.05) is 18.2 Å². The van der Waals surface area contributed by atoms with E-state index in [9.17, 15) is 13.2 Å². The maximum absolute atomic E-state index is 12.3. The number of carbonyl (C=O) groups excluding carboxylic acids is 1. The van der Waals surface area contributed by atoms with Crippen LogP contribution in [0, 0.1) is 6.92 Å². The van der Waals surface area contributed by atoms with Crippen molar-refractivity contribution < 1.29 is 13.2 Å². The summed E-state index contributed by atoms with van der Waals surface area (Å²) in [6.07, 6.45) is 6.19. The standard InChI is InChI=1S/C21H18N4O3S/c1-14-4-3-11-25-13-19(24-20(14)25)15-5-7-16(8-6-15)23-21(26)18-10-9-17(12-22-18)29(2,27)28/h3-13H,1-2H3,(H,23,26). The summed E-state index contributed by atoms with van der Waals surface area (Å²) < 4.78 is 24.9. The molecule has 3 aromatic heterocycles. The molecule has 146 valence electrons. The Labute approximate surface area is 168 Å². The highest BCUT2D eigenvalue weighted by atomic mass is 32.2. The molecule has 1 N–H and O–H groups in total. The Kier molecular flexibility index (Phi) is 4.63. The van der Waals surface area contributed by atoms with Gasteiger partial charge in [-0.3, -0.25) is 4.79 Å². The fourth-order valence-electron chi connectivity index (χ4n) is 2.95. The minimum absolute atomic E-state index is 0.0705. The number of benzene rings is 1.